The second-order valence-corrected chi connectivity index (χ2v) is 4.85. The summed E-state index contributed by atoms with van der Waals surface area (Å²) in [5, 5.41) is 0. The number of thioether (sulfide) groups is 1. The molecule has 1 aliphatic heterocycles. The van der Waals surface area contributed by atoms with Crippen LogP contribution < -0.4 is 10.9 Å². The lowest BCUT2D eigenvalue weighted by Gasteiger charge is -2.20. The molecule has 0 bridgehead atoms. The molecule has 1 heterocycles. The number of nitrogens with one attached hydrogen (secondary N) is 2. The lowest BCUT2D eigenvalue weighted by molar-refractivity contribution is -0.123. The molecule has 1 atom stereocenters. The van der Waals surface area contributed by atoms with Crippen molar-refractivity contribution >= 4 is 23.7 Å². The van der Waals surface area contributed by atoms with Crippen molar-refractivity contribution in [2.45, 2.75) is 23.8 Å². The topological polar surface area (TPSA) is 41.1 Å². The molecule has 1 saturated heterocycles. The average molecular weight is 248 g/mol. The molecule has 1 aromatic rings. The summed E-state index contributed by atoms with van der Waals surface area (Å²) in [7, 11) is 0. The molecule has 2 rings (SSSR count). The Hall–Kier alpha value is -1.26. The van der Waals surface area contributed by atoms with Gasteiger partial charge in [0.2, 0.25) is 5.91 Å². The maximum atomic E-state index is 11.0. The predicted octanol–water partition coefficient (Wildman–Crippen LogP) is 2.20. The van der Waals surface area contributed by atoms with Crippen molar-refractivity contribution in [2.24, 2.45) is 0 Å². The molecule has 4 heteroatoms. The van der Waals surface area contributed by atoms with Gasteiger partial charge in [0, 0.05) is 17.4 Å². The van der Waals surface area contributed by atoms with Crippen LogP contribution in [0, 0.1) is 0 Å². The van der Waals surface area contributed by atoms with Crippen LogP contribution in [0.3, 0.4) is 0 Å². The summed E-state index contributed by atoms with van der Waals surface area (Å²) in [6.45, 7) is 0. The first kappa shape index (κ1) is 12.2. The van der Waals surface area contributed by atoms with Gasteiger partial charge in [0.05, 0.1) is 0 Å². The zero-order valence-corrected chi connectivity index (χ0v) is 10.6. The van der Waals surface area contributed by atoms with Crippen molar-refractivity contribution in [3.8, 4) is 0 Å². The smallest absolute Gasteiger partial charge is 0.234 e. The monoisotopic (exact) mass is 248 g/mol. The summed E-state index contributed by atoms with van der Waals surface area (Å²) >= 11 is 1.74. The van der Waals surface area contributed by atoms with E-state index >= 15 is 0 Å². The van der Waals surface area contributed by atoms with Gasteiger partial charge in [0.1, 0.15) is 0 Å². The summed E-state index contributed by atoms with van der Waals surface area (Å²) in [6.07, 6.45) is 7.69. The van der Waals surface area contributed by atoms with Crippen LogP contribution in [0.2, 0.25) is 0 Å². The number of rotatable bonds is 3. The van der Waals surface area contributed by atoms with Crippen molar-refractivity contribution < 1.29 is 4.79 Å². The summed E-state index contributed by atoms with van der Waals surface area (Å²) < 4.78 is 0. The number of carbonyl (C=O) groups excluding carboxylic acids is 1. The number of carbonyl (C=O) groups is 1. The number of amides is 1. The fourth-order valence-electron chi connectivity index (χ4n) is 1.68. The minimum Gasteiger partial charge on any atom is -0.291 e. The summed E-state index contributed by atoms with van der Waals surface area (Å²) in [6, 6.07) is 8.65. The van der Waals surface area contributed by atoms with E-state index in [0.717, 1.165) is 6.42 Å². The molecule has 1 amide bonds. The van der Waals surface area contributed by atoms with E-state index < -0.39 is 0 Å². The van der Waals surface area contributed by atoms with E-state index in [-0.39, 0.29) is 11.9 Å². The van der Waals surface area contributed by atoms with Crippen LogP contribution in [-0.4, -0.2) is 18.2 Å². The first-order valence-electron chi connectivity index (χ1n) is 5.64. The molecule has 1 aromatic carbocycles. The van der Waals surface area contributed by atoms with Crippen LogP contribution in [-0.2, 0) is 4.79 Å². The van der Waals surface area contributed by atoms with Crippen LogP contribution >= 0.6 is 11.8 Å². The van der Waals surface area contributed by atoms with Gasteiger partial charge in [-0.15, -0.1) is 11.8 Å². The van der Waals surface area contributed by atoms with Crippen LogP contribution in [0.15, 0.2) is 35.2 Å². The summed E-state index contributed by atoms with van der Waals surface area (Å²) in [4.78, 5) is 12.2. The lowest BCUT2D eigenvalue weighted by Crippen LogP contribution is -2.48. The quantitative estimate of drug-likeness (QED) is 0.806. The molecule has 0 saturated carbocycles. The van der Waals surface area contributed by atoms with E-state index in [1.54, 1.807) is 11.8 Å². The first-order chi connectivity index (χ1) is 8.28. The third-order valence-electron chi connectivity index (χ3n) is 2.72. The SMILES string of the molecule is CSc1ccc(/C=C/C2CCC(=O)NN2)cc1. The molecule has 3 nitrogen and oxygen atoms in total. The van der Waals surface area contributed by atoms with Gasteiger partial charge in [-0.1, -0.05) is 24.3 Å². The Morgan fingerprint density at radius 1 is 1.35 bits per heavy atom. The van der Waals surface area contributed by atoms with Crippen molar-refractivity contribution in [3.63, 3.8) is 0 Å². The van der Waals surface area contributed by atoms with E-state index in [9.17, 15) is 4.79 Å². The Morgan fingerprint density at radius 3 is 2.71 bits per heavy atom. The molecule has 0 spiro atoms. The Balaban J connectivity index is 1.93. The van der Waals surface area contributed by atoms with Gasteiger partial charge in [0.25, 0.3) is 0 Å². The molecule has 1 fully saturated rings. The van der Waals surface area contributed by atoms with Crippen LogP contribution in [0.1, 0.15) is 18.4 Å². The highest BCUT2D eigenvalue weighted by atomic mass is 32.2. The van der Waals surface area contributed by atoms with Gasteiger partial charge in [-0.05, 0) is 30.4 Å². The fourth-order valence-corrected chi connectivity index (χ4v) is 2.09. The molecule has 17 heavy (non-hydrogen) atoms. The molecule has 1 unspecified atom stereocenters. The highest BCUT2D eigenvalue weighted by Gasteiger charge is 2.13. The van der Waals surface area contributed by atoms with Crippen molar-refractivity contribution in [1.82, 2.24) is 10.9 Å². The first-order valence-corrected chi connectivity index (χ1v) is 6.87. The second kappa shape index (κ2) is 5.89. The van der Waals surface area contributed by atoms with Gasteiger partial charge in [-0.3, -0.25) is 10.2 Å². The van der Waals surface area contributed by atoms with E-state index in [0.29, 0.717) is 6.42 Å². The molecule has 0 aromatic heterocycles. The van der Waals surface area contributed by atoms with Crippen LogP contribution in [0.5, 0.6) is 0 Å². The Kier molecular flexibility index (Phi) is 4.23. The normalized spacial score (nSPS) is 20.5. The second-order valence-electron chi connectivity index (χ2n) is 3.97. The van der Waals surface area contributed by atoms with Crippen LogP contribution in [0.25, 0.3) is 6.08 Å². The third kappa shape index (κ3) is 3.61. The predicted molar refractivity (Wildman–Crippen MR) is 71.6 cm³/mol. The third-order valence-corrected chi connectivity index (χ3v) is 3.46. The number of hydrazine groups is 1. The summed E-state index contributed by atoms with van der Waals surface area (Å²) in [5.41, 5.74) is 6.80. The zero-order valence-electron chi connectivity index (χ0n) is 9.77. The maximum Gasteiger partial charge on any atom is 0.234 e. The van der Waals surface area contributed by atoms with Gasteiger partial charge in [-0.25, -0.2) is 5.43 Å². The van der Waals surface area contributed by atoms with Crippen molar-refractivity contribution in [1.29, 1.82) is 0 Å². The van der Waals surface area contributed by atoms with Gasteiger partial charge >= 0.3 is 0 Å². The number of benzene rings is 1. The molecule has 2 N–H and O–H groups in total. The molecule has 90 valence electrons. The van der Waals surface area contributed by atoms with E-state index in [1.165, 1.54) is 10.5 Å². The van der Waals surface area contributed by atoms with E-state index in [4.69, 9.17) is 0 Å². The Bertz CT molecular complexity index is 404. The van der Waals surface area contributed by atoms with Crippen molar-refractivity contribution in [2.75, 3.05) is 6.26 Å². The Labute approximate surface area is 106 Å². The fraction of sp³-hybridized carbons (Fsp3) is 0.308. The minimum atomic E-state index is 0.0685. The molecule has 1 aliphatic rings. The summed E-state index contributed by atoms with van der Waals surface area (Å²) in [5.74, 6) is 0.0685. The van der Waals surface area contributed by atoms with Gasteiger partial charge in [0.15, 0.2) is 0 Å². The van der Waals surface area contributed by atoms with Gasteiger partial charge in [-0.2, -0.15) is 0 Å². The van der Waals surface area contributed by atoms with Gasteiger partial charge < -0.3 is 0 Å². The Morgan fingerprint density at radius 2 is 2.12 bits per heavy atom. The molecular formula is C13H16N2OS. The minimum absolute atomic E-state index is 0.0685. The van der Waals surface area contributed by atoms with E-state index in [2.05, 4.69) is 53.5 Å². The highest BCUT2D eigenvalue weighted by molar-refractivity contribution is 7.98. The average Bonchev–Trinajstić information content (AvgIpc) is 2.39. The molecular weight excluding hydrogens is 232 g/mol. The molecule has 0 radical (unpaired) electrons. The highest BCUT2D eigenvalue weighted by Crippen LogP contribution is 2.16. The lowest BCUT2D eigenvalue weighted by atomic mass is 10.1. The standard InChI is InChI=1S/C13H16N2OS/c1-17-12-7-3-10(4-8-12)2-5-11-6-9-13(16)15-14-11/h2-5,7-8,11,14H,6,9H2,1H3,(H,15,16)/b5-2+. The molecule has 0 aliphatic carbocycles. The van der Waals surface area contributed by atoms with Crippen molar-refractivity contribution in [3.05, 3.63) is 35.9 Å². The largest absolute Gasteiger partial charge is 0.291 e. The van der Waals surface area contributed by atoms with Crippen LogP contribution in [0.4, 0.5) is 0 Å². The zero-order chi connectivity index (χ0) is 12.1. The van der Waals surface area contributed by atoms with E-state index in [1.807, 2.05) is 0 Å². The number of hydrogen-bond acceptors (Lipinski definition) is 3. The number of hydrogen-bond donors (Lipinski definition) is 2. The maximum absolute atomic E-state index is 11.0.